The third-order valence-corrected chi connectivity index (χ3v) is 1.01. The predicted molar refractivity (Wildman–Crippen MR) is 26.9 cm³/mol. The molecule has 8 heavy (non-hydrogen) atoms. The maximum atomic E-state index is 3.84. The Balaban J connectivity index is 0.000000490. The van der Waals surface area contributed by atoms with Crippen LogP contribution in [0.15, 0.2) is 0 Å². The zero-order valence-electron chi connectivity index (χ0n) is 4.78. The van der Waals surface area contributed by atoms with E-state index in [-0.39, 0.29) is 19.5 Å². The second-order valence-electron chi connectivity index (χ2n) is 1.56. The molecule has 0 saturated carbocycles. The van der Waals surface area contributed by atoms with Gasteiger partial charge in [0.1, 0.15) is 0 Å². The second-order valence-corrected chi connectivity index (χ2v) is 1.56. The fourth-order valence-electron chi connectivity index (χ4n) is 0.370. The van der Waals surface area contributed by atoms with Crippen molar-refractivity contribution in [1.82, 2.24) is 9.97 Å². The van der Waals surface area contributed by atoms with Gasteiger partial charge in [-0.2, -0.15) is 0 Å². The number of aryl methyl sites for hydroxylation is 2. The van der Waals surface area contributed by atoms with Crippen molar-refractivity contribution in [2.75, 3.05) is 0 Å². The molecular weight excluding hydrogens is 191 g/mol. The van der Waals surface area contributed by atoms with Crippen LogP contribution in [-0.2, 0) is 19.5 Å². The summed E-state index contributed by atoms with van der Waals surface area (Å²) in [6.07, 6.45) is 2.62. The largest absolute Gasteiger partial charge is 0.464 e. The van der Waals surface area contributed by atoms with Crippen LogP contribution in [0.1, 0.15) is 11.4 Å². The van der Waals surface area contributed by atoms with Crippen molar-refractivity contribution in [3.8, 4) is 0 Å². The first kappa shape index (κ1) is 7.83. The summed E-state index contributed by atoms with van der Waals surface area (Å²) in [5.74, 6) is 0. The molecule has 1 aromatic rings. The van der Waals surface area contributed by atoms with E-state index in [0.29, 0.717) is 0 Å². The molecule has 0 unspecified atom stereocenters. The van der Waals surface area contributed by atoms with E-state index in [4.69, 9.17) is 0 Å². The molecule has 1 rings (SSSR count). The molecule has 0 fully saturated rings. The average molecular weight is 198 g/mol. The van der Waals surface area contributed by atoms with Crippen molar-refractivity contribution in [2.45, 2.75) is 13.8 Å². The molecule has 0 spiro atoms. The van der Waals surface area contributed by atoms with E-state index in [9.17, 15) is 0 Å². The Morgan fingerprint density at radius 2 is 2.12 bits per heavy atom. The van der Waals surface area contributed by atoms with E-state index >= 15 is 0 Å². The third kappa shape index (κ3) is 1.41. The smallest absolute Gasteiger partial charge is 0 e. The van der Waals surface area contributed by atoms with Crippen molar-refractivity contribution in [3.63, 3.8) is 0 Å². The minimum Gasteiger partial charge on any atom is -0.464 e. The third-order valence-electron chi connectivity index (χ3n) is 1.01. The fourth-order valence-corrected chi connectivity index (χ4v) is 0.370. The average Bonchev–Trinajstić information content (AvgIpc) is 1.91. The molecule has 0 aliphatic rings. The molecule has 0 amide bonds. The summed E-state index contributed by atoms with van der Waals surface area (Å²) in [6.45, 7) is 3.92. The van der Waals surface area contributed by atoms with Crippen molar-refractivity contribution in [3.05, 3.63) is 17.7 Å². The second kappa shape index (κ2) is 2.98. The molecule has 0 saturated heterocycles. The summed E-state index contributed by atoms with van der Waals surface area (Å²) >= 11 is 0. The maximum absolute atomic E-state index is 3.84. The van der Waals surface area contributed by atoms with Crippen LogP contribution < -0.4 is 0 Å². The number of rotatable bonds is 0. The Bertz CT molecular complexity index is 143. The van der Waals surface area contributed by atoms with Gasteiger partial charge in [-0.3, -0.25) is 0 Å². The molecule has 47 valence electrons. The molecule has 0 atom stereocenters. The molecule has 3 heteroatoms. The van der Waals surface area contributed by atoms with E-state index in [1.807, 2.05) is 13.8 Å². The van der Waals surface area contributed by atoms with Gasteiger partial charge in [0.15, 0.2) is 0 Å². The van der Waals surface area contributed by atoms with Gasteiger partial charge in [-0.15, -0.1) is 5.69 Å². The summed E-state index contributed by atoms with van der Waals surface area (Å²) in [7, 11) is 0. The topological polar surface area (TPSA) is 28.7 Å². The number of imidazole rings is 1. The first-order valence-corrected chi connectivity index (χ1v) is 2.20. The first-order valence-electron chi connectivity index (χ1n) is 2.20. The molecule has 0 aliphatic heterocycles. The number of hydrogen-bond donors (Lipinski definition) is 1. The Hall–Kier alpha value is -0.167. The first-order chi connectivity index (χ1) is 3.30. The summed E-state index contributed by atoms with van der Waals surface area (Å²) in [5.41, 5.74) is 2.13. The Morgan fingerprint density at radius 3 is 2.25 bits per heavy atom. The zero-order valence-corrected chi connectivity index (χ0v) is 6.42. The van der Waals surface area contributed by atoms with Gasteiger partial charge in [0.2, 0.25) is 0 Å². The van der Waals surface area contributed by atoms with Gasteiger partial charge < -0.3 is 9.97 Å². The van der Waals surface area contributed by atoms with Crippen molar-refractivity contribution >= 4 is 0 Å². The zero-order chi connectivity index (χ0) is 5.28. The number of H-pyrrole nitrogens is 1. The molecule has 1 radical (unpaired) electrons. The van der Waals surface area contributed by atoms with Crippen LogP contribution in [-0.4, -0.2) is 9.97 Å². The van der Waals surface area contributed by atoms with Gasteiger partial charge in [0, 0.05) is 19.5 Å². The quantitative estimate of drug-likeness (QED) is 0.485. The summed E-state index contributed by atoms with van der Waals surface area (Å²) < 4.78 is 0. The number of hydrogen-bond acceptors (Lipinski definition) is 1. The van der Waals surface area contributed by atoms with E-state index in [1.54, 1.807) is 0 Å². The van der Waals surface area contributed by atoms with Crippen LogP contribution in [0.2, 0.25) is 0 Å². The number of aromatic nitrogens is 2. The van der Waals surface area contributed by atoms with Crippen LogP contribution in [0.4, 0.5) is 0 Å². The number of nitrogens with zero attached hydrogens (tertiary/aromatic N) is 1. The summed E-state index contributed by atoms with van der Waals surface area (Å²) in [6, 6.07) is 0. The van der Waals surface area contributed by atoms with Gasteiger partial charge in [-0.25, -0.2) is 0 Å². The summed E-state index contributed by atoms with van der Waals surface area (Å²) in [5, 5.41) is 0. The van der Waals surface area contributed by atoms with Crippen LogP contribution in [0.3, 0.4) is 0 Å². The fraction of sp³-hybridized carbons (Fsp3) is 0.400. The number of nitrogens with one attached hydrogen (secondary N) is 1. The van der Waals surface area contributed by atoms with Gasteiger partial charge in [0.25, 0.3) is 0 Å². The monoisotopic (exact) mass is 198 g/mol. The Labute approximate surface area is 61.5 Å². The molecule has 1 heterocycles. The molecular formula is C5H7N2Rh-. The van der Waals surface area contributed by atoms with E-state index in [0.717, 1.165) is 11.4 Å². The van der Waals surface area contributed by atoms with Gasteiger partial charge in [0.05, 0.1) is 0 Å². The van der Waals surface area contributed by atoms with Crippen LogP contribution >= 0.6 is 0 Å². The van der Waals surface area contributed by atoms with E-state index in [1.165, 1.54) is 0 Å². The Kier molecular flexibility index (Phi) is 2.92. The van der Waals surface area contributed by atoms with Gasteiger partial charge in [-0.05, 0) is 6.33 Å². The van der Waals surface area contributed by atoms with Crippen LogP contribution in [0, 0.1) is 20.2 Å². The van der Waals surface area contributed by atoms with Gasteiger partial charge in [-0.1, -0.05) is 19.5 Å². The van der Waals surface area contributed by atoms with E-state index < -0.39 is 0 Å². The van der Waals surface area contributed by atoms with Crippen molar-refractivity contribution in [1.29, 1.82) is 0 Å². The minimum absolute atomic E-state index is 0. The van der Waals surface area contributed by atoms with Crippen LogP contribution in [0.25, 0.3) is 0 Å². The van der Waals surface area contributed by atoms with Crippen LogP contribution in [0.5, 0.6) is 0 Å². The predicted octanol–water partition coefficient (Wildman–Crippen LogP) is 0.824. The van der Waals surface area contributed by atoms with Crippen molar-refractivity contribution < 1.29 is 19.5 Å². The van der Waals surface area contributed by atoms with Gasteiger partial charge >= 0.3 is 0 Å². The molecule has 0 bridgehead atoms. The molecule has 2 nitrogen and oxygen atoms in total. The Morgan fingerprint density at radius 1 is 1.50 bits per heavy atom. The molecule has 0 aliphatic carbocycles. The number of aromatic amines is 1. The van der Waals surface area contributed by atoms with E-state index in [2.05, 4.69) is 16.3 Å². The minimum atomic E-state index is 0. The SMILES string of the molecule is Cc1n[c-][nH]c1C.[Rh]. The molecule has 0 aromatic carbocycles. The van der Waals surface area contributed by atoms with Crippen molar-refractivity contribution in [2.24, 2.45) is 0 Å². The maximum Gasteiger partial charge on any atom is 0 e. The summed E-state index contributed by atoms with van der Waals surface area (Å²) in [4.78, 5) is 6.67. The standard InChI is InChI=1S/C5H7N2.Rh/c1-4-5(2)7-3-6-4;/h1-2H3,(H,6,7);/q-1;. The normalized spacial score (nSPS) is 8.25. The molecule has 1 N–H and O–H groups in total. The molecule has 1 aromatic heterocycles.